The topological polar surface area (TPSA) is 58.2 Å². The van der Waals surface area contributed by atoms with Crippen LogP contribution in [0.3, 0.4) is 0 Å². The van der Waals surface area contributed by atoms with E-state index in [2.05, 4.69) is 26.6 Å². The fourth-order valence-corrected chi connectivity index (χ4v) is 3.05. The Morgan fingerprint density at radius 3 is 2.43 bits per heavy atom. The van der Waals surface area contributed by atoms with Crippen molar-refractivity contribution < 1.29 is 14.0 Å². The smallest absolute Gasteiger partial charge is 0.255 e. The summed E-state index contributed by atoms with van der Waals surface area (Å²) in [5.74, 6) is -0.990. The van der Waals surface area contributed by atoms with E-state index < -0.39 is 0 Å². The highest BCUT2D eigenvalue weighted by Crippen LogP contribution is 2.19. The van der Waals surface area contributed by atoms with Gasteiger partial charge in [0.05, 0.1) is 0 Å². The Bertz CT molecular complexity index is 1020. The molecule has 0 aliphatic rings. The lowest BCUT2D eigenvalue weighted by atomic mass is 10.1. The Balaban J connectivity index is 1.72. The maximum Gasteiger partial charge on any atom is 0.255 e. The second-order valence-electron chi connectivity index (χ2n) is 6.27. The summed E-state index contributed by atoms with van der Waals surface area (Å²) in [4.78, 5) is 24.8. The van der Waals surface area contributed by atoms with Crippen LogP contribution >= 0.6 is 15.9 Å². The molecule has 3 aromatic carbocycles. The first-order valence-corrected chi connectivity index (χ1v) is 9.42. The van der Waals surface area contributed by atoms with Gasteiger partial charge in [0, 0.05) is 33.4 Å². The van der Waals surface area contributed by atoms with Crippen LogP contribution in [0.15, 0.2) is 71.2 Å². The van der Waals surface area contributed by atoms with Crippen molar-refractivity contribution >= 4 is 33.4 Å². The average Bonchev–Trinajstić information content (AvgIpc) is 2.70. The number of aryl methyl sites for hydroxylation is 1. The Morgan fingerprint density at radius 1 is 0.929 bits per heavy atom. The first-order valence-electron chi connectivity index (χ1n) is 8.63. The molecule has 28 heavy (non-hydrogen) atoms. The lowest BCUT2D eigenvalue weighted by Crippen LogP contribution is -2.23. The van der Waals surface area contributed by atoms with Crippen molar-refractivity contribution in [3.05, 3.63) is 99.3 Å². The number of hydrogen-bond acceptors (Lipinski definition) is 2. The number of halogens is 2. The summed E-state index contributed by atoms with van der Waals surface area (Å²) >= 11 is 3.29. The van der Waals surface area contributed by atoms with E-state index in [0.717, 1.165) is 10.0 Å². The Hall–Kier alpha value is -2.99. The van der Waals surface area contributed by atoms with Gasteiger partial charge < -0.3 is 10.6 Å². The summed E-state index contributed by atoms with van der Waals surface area (Å²) in [5, 5.41) is 5.53. The molecule has 6 heteroatoms. The molecule has 0 heterocycles. The van der Waals surface area contributed by atoms with E-state index in [1.54, 1.807) is 54.6 Å². The van der Waals surface area contributed by atoms with Gasteiger partial charge in [-0.15, -0.1) is 0 Å². The third-order valence-electron chi connectivity index (χ3n) is 4.23. The quantitative estimate of drug-likeness (QED) is 0.581. The van der Waals surface area contributed by atoms with Gasteiger partial charge in [0.25, 0.3) is 11.8 Å². The van der Waals surface area contributed by atoms with Gasteiger partial charge in [-0.2, -0.15) is 0 Å². The minimum atomic E-state index is -0.386. The Kier molecular flexibility index (Phi) is 6.21. The van der Waals surface area contributed by atoms with E-state index in [4.69, 9.17) is 0 Å². The molecule has 0 saturated carbocycles. The van der Waals surface area contributed by atoms with Crippen molar-refractivity contribution in [3.8, 4) is 0 Å². The highest BCUT2D eigenvalue weighted by atomic mass is 79.9. The van der Waals surface area contributed by atoms with Gasteiger partial charge >= 0.3 is 0 Å². The SMILES string of the molecule is Cc1ccc(C(=O)NCc2cc(Br)ccc2F)cc1NC(=O)c1ccccc1. The normalized spacial score (nSPS) is 10.4. The molecule has 0 atom stereocenters. The van der Waals surface area contributed by atoms with E-state index in [1.165, 1.54) is 6.07 Å². The van der Waals surface area contributed by atoms with Gasteiger partial charge in [0.1, 0.15) is 5.82 Å². The van der Waals surface area contributed by atoms with Crippen molar-refractivity contribution in [2.45, 2.75) is 13.5 Å². The van der Waals surface area contributed by atoms with Gasteiger partial charge in [-0.1, -0.05) is 40.2 Å². The molecule has 2 amide bonds. The summed E-state index contributed by atoms with van der Waals surface area (Å²) in [5.41, 5.74) is 2.67. The summed E-state index contributed by atoms with van der Waals surface area (Å²) in [7, 11) is 0. The second kappa shape index (κ2) is 8.80. The van der Waals surface area contributed by atoms with Crippen LogP contribution in [0, 0.1) is 12.7 Å². The molecule has 0 saturated heterocycles. The number of rotatable bonds is 5. The Morgan fingerprint density at radius 2 is 1.68 bits per heavy atom. The summed E-state index contributed by atoms with van der Waals surface area (Å²) in [6.07, 6.45) is 0. The van der Waals surface area contributed by atoms with Crippen molar-refractivity contribution in [2.24, 2.45) is 0 Å². The molecule has 0 radical (unpaired) electrons. The highest BCUT2D eigenvalue weighted by Gasteiger charge is 2.12. The van der Waals surface area contributed by atoms with E-state index in [1.807, 2.05) is 13.0 Å². The van der Waals surface area contributed by atoms with Crippen LogP contribution in [0.2, 0.25) is 0 Å². The van der Waals surface area contributed by atoms with Gasteiger partial charge in [-0.3, -0.25) is 9.59 Å². The summed E-state index contributed by atoms with van der Waals surface area (Å²) < 4.78 is 14.6. The fraction of sp³-hybridized carbons (Fsp3) is 0.0909. The molecular formula is C22H18BrFN2O2. The molecule has 0 aromatic heterocycles. The van der Waals surface area contributed by atoms with E-state index in [0.29, 0.717) is 22.4 Å². The van der Waals surface area contributed by atoms with Crippen LogP contribution in [0.5, 0.6) is 0 Å². The lowest BCUT2D eigenvalue weighted by molar-refractivity contribution is 0.0949. The zero-order valence-electron chi connectivity index (χ0n) is 15.1. The number of nitrogens with one attached hydrogen (secondary N) is 2. The molecule has 3 aromatic rings. The van der Waals surface area contributed by atoms with Crippen LogP contribution in [-0.2, 0) is 6.54 Å². The predicted molar refractivity (Wildman–Crippen MR) is 111 cm³/mol. The van der Waals surface area contributed by atoms with E-state index >= 15 is 0 Å². The molecule has 142 valence electrons. The van der Waals surface area contributed by atoms with Gasteiger partial charge in [0.2, 0.25) is 0 Å². The monoisotopic (exact) mass is 440 g/mol. The summed E-state index contributed by atoms with van der Waals surface area (Å²) in [6.45, 7) is 1.91. The molecule has 0 bridgehead atoms. The molecule has 0 spiro atoms. The Labute approximate surface area is 170 Å². The van der Waals surface area contributed by atoms with Crippen molar-refractivity contribution in [2.75, 3.05) is 5.32 Å². The molecule has 0 aliphatic heterocycles. The van der Waals surface area contributed by atoms with Gasteiger partial charge in [-0.05, 0) is 55.0 Å². The number of carbonyl (C=O) groups is 2. The minimum Gasteiger partial charge on any atom is -0.348 e. The third-order valence-corrected chi connectivity index (χ3v) is 4.72. The highest BCUT2D eigenvalue weighted by molar-refractivity contribution is 9.10. The molecule has 2 N–H and O–H groups in total. The second-order valence-corrected chi connectivity index (χ2v) is 7.18. The van der Waals surface area contributed by atoms with Crippen LogP contribution < -0.4 is 10.6 Å². The number of amides is 2. The average molecular weight is 441 g/mol. The van der Waals surface area contributed by atoms with E-state index in [-0.39, 0.29) is 24.2 Å². The first-order chi connectivity index (χ1) is 13.4. The minimum absolute atomic E-state index is 0.0592. The molecule has 4 nitrogen and oxygen atoms in total. The largest absolute Gasteiger partial charge is 0.348 e. The standard InChI is InChI=1S/C22H18BrFN2O2/c1-14-7-8-16(12-20(14)26-22(28)15-5-3-2-4-6-15)21(27)25-13-17-11-18(23)9-10-19(17)24/h2-12H,13H2,1H3,(H,25,27)(H,26,28). The maximum absolute atomic E-state index is 13.8. The zero-order valence-corrected chi connectivity index (χ0v) is 16.7. The van der Waals surface area contributed by atoms with Crippen LogP contribution in [0.25, 0.3) is 0 Å². The van der Waals surface area contributed by atoms with Gasteiger partial charge in [0.15, 0.2) is 0 Å². The van der Waals surface area contributed by atoms with Crippen molar-refractivity contribution in [3.63, 3.8) is 0 Å². The first kappa shape index (κ1) is 19.8. The van der Waals surface area contributed by atoms with Crippen molar-refractivity contribution in [1.29, 1.82) is 0 Å². The van der Waals surface area contributed by atoms with Crippen LogP contribution in [-0.4, -0.2) is 11.8 Å². The summed E-state index contributed by atoms with van der Waals surface area (Å²) in [6, 6.07) is 18.4. The molecule has 0 unspecified atom stereocenters. The molecular weight excluding hydrogens is 423 g/mol. The zero-order chi connectivity index (χ0) is 20.1. The predicted octanol–water partition coefficient (Wildman–Crippen LogP) is 5.08. The van der Waals surface area contributed by atoms with Gasteiger partial charge in [-0.25, -0.2) is 4.39 Å². The molecule has 0 aliphatic carbocycles. The number of anilines is 1. The molecule has 3 rings (SSSR count). The molecule has 0 fully saturated rings. The van der Waals surface area contributed by atoms with Crippen molar-refractivity contribution in [1.82, 2.24) is 5.32 Å². The lowest BCUT2D eigenvalue weighted by Gasteiger charge is -2.11. The maximum atomic E-state index is 13.8. The number of carbonyl (C=O) groups excluding carboxylic acids is 2. The van der Waals surface area contributed by atoms with Crippen LogP contribution in [0.1, 0.15) is 31.8 Å². The van der Waals surface area contributed by atoms with E-state index in [9.17, 15) is 14.0 Å². The third kappa shape index (κ3) is 4.84. The van der Waals surface area contributed by atoms with Crippen LogP contribution in [0.4, 0.5) is 10.1 Å². The number of benzene rings is 3. The fourth-order valence-electron chi connectivity index (χ4n) is 2.64. The number of hydrogen-bond donors (Lipinski definition) is 2.